The van der Waals surface area contributed by atoms with Crippen molar-refractivity contribution in [2.75, 3.05) is 24.8 Å². The van der Waals surface area contributed by atoms with Crippen LogP contribution in [0.3, 0.4) is 0 Å². The lowest BCUT2D eigenvalue weighted by Crippen LogP contribution is -2.14. The fraction of sp³-hybridized carbons (Fsp3) is 0.227. The summed E-state index contributed by atoms with van der Waals surface area (Å²) in [6.07, 6.45) is 6.63. The molecule has 4 rings (SSSR count). The smallest absolute Gasteiger partial charge is 0.228 e. The SMILES string of the molecule is CNc1ncc(C#Cc2cc(C#N)c(OC)cn2)c2cc(NC(=O)C3CC3)ncc12. The van der Waals surface area contributed by atoms with E-state index < -0.39 is 0 Å². The van der Waals surface area contributed by atoms with Crippen molar-refractivity contribution < 1.29 is 9.53 Å². The van der Waals surface area contributed by atoms with Gasteiger partial charge in [0.15, 0.2) is 5.75 Å². The number of aromatic nitrogens is 3. The Bertz CT molecular complexity index is 1250. The first-order valence-corrected chi connectivity index (χ1v) is 9.36. The van der Waals surface area contributed by atoms with E-state index in [1.165, 1.54) is 13.3 Å². The fourth-order valence-electron chi connectivity index (χ4n) is 2.97. The second kappa shape index (κ2) is 8.06. The van der Waals surface area contributed by atoms with Crippen molar-refractivity contribution in [3.8, 4) is 23.7 Å². The second-order valence-electron chi connectivity index (χ2n) is 6.78. The number of nitriles is 1. The molecule has 3 aromatic rings. The van der Waals surface area contributed by atoms with Crippen LogP contribution in [0.4, 0.5) is 11.6 Å². The fourth-order valence-corrected chi connectivity index (χ4v) is 2.97. The van der Waals surface area contributed by atoms with Gasteiger partial charge < -0.3 is 15.4 Å². The van der Waals surface area contributed by atoms with Crippen molar-refractivity contribution in [2.24, 2.45) is 5.92 Å². The van der Waals surface area contributed by atoms with Crippen LogP contribution in [0, 0.1) is 29.1 Å². The van der Waals surface area contributed by atoms with Crippen LogP contribution in [0.25, 0.3) is 10.8 Å². The molecule has 8 nitrogen and oxygen atoms in total. The van der Waals surface area contributed by atoms with Gasteiger partial charge in [0.1, 0.15) is 23.4 Å². The topological polar surface area (TPSA) is 113 Å². The molecule has 8 heteroatoms. The average Bonchev–Trinajstić information content (AvgIpc) is 3.62. The molecule has 0 aromatic carbocycles. The molecule has 3 aromatic heterocycles. The van der Waals surface area contributed by atoms with E-state index in [1.54, 1.807) is 31.6 Å². The first kappa shape index (κ1) is 19.2. The number of fused-ring (bicyclic) bond motifs is 1. The maximum atomic E-state index is 12.1. The molecule has 1 fully saturated rings. The third kappa shape index (κ3) is 3.85. The van der Waals surface area contributed by atoms with Gasteiger partial charge in [0.2, 0.25) is 5.91 Å². The lowest BCUT2D eigenvalue weighted by Gasteiger charge is -2.09. The Kier molecular flexibility index (Phi) is 5.15. The molecule has 0 bridgehead atoms. The number of hydrogen-bond donors (Lipinski definition) is 2. The van der Waals surface area contributed by atoms with E-state index in [0.717, 1.165) is 23.6 Å². The van der Waals surface area contributed by atoms with E-state index in [2.05, 4.69) is 43.5 Å². The number of hydrogen-bond acceptors (Lipinski definition) is 7. The summed E-state index contributed by atoms with van der Waals surface area (Å²) in [5, 5.41) is 16.7. The van der Waals surface area contributed by atoms with Crippen LogP contribution in [-0.2, 0) is 4.79 Å². The molecule has 1 aliphatic rings. The molecule has 30 heavy (non-hydrogen) atoms. The van der Waals surface area contributed by atoms with Crippen LogP contribution in [-0.4, -0.2) is 35.0 Å². The van der Waals surface area contributed by atoms with Crippen molar-refractivity contribution in [3.63, 3.8) is 0 Å². The van der Waals surface area contributed by atoms with Gasteiger partial charge in [-0.15, -0.1) is 0 Å². The summed E-state index contributed by atoms with van der Waals surface area (Å²) in [6, 6.07) is 5.44. The zero-order valence-electron chi connectivity index (χ0n) is 16.5. The van der Waals surface area contributed by atoms with Gasteiger partial charge in [-0.25, -0.2) is 15.0 Å². The molecule has 0 unspecified atom stereocenters. The number of ether oxygens (including phenoxy) is 1. The van der Waals surface area contributed by atoms with Crippen molar-refractivity contribution in [1.82, 2.24) is 15.0 Å². The minimum absolute atomic E-state index is 0.0103. The third-order valence-corrected chi connectivity index (χ3v) is 4.74. The summed E-state index contributed by atoms with van der Waals surface area (Å²) in [4.78, 5) is 25.1. The van der Waals surface area contributed by atoms with Gasteiger partial charge in [-0.2, -0.15) is 5.26 Å². The maximum Gasteiger partial charge on any atom is 0.228 e. The van der Waals surface area contributed by atoms with Crippen LogP contribution in [0.1, 0.15) is 29.7 Å². The van der Waals surface area contributed by atoms with Gasteiger partial charge in [0.25, 0.3) is 0 Å². The Hall–Kier alpha value is -4.17. The minimum atomic E-state index is -0.0103. The lowest BCUT2D eigenvalue weighted by molar-refractivity contribution is -0.117. The zero-order chi connectivity index (χ0) is 21.1. The summed E-state index contributed by atoms with van der Waals surface area (Å²) < 4.78 is 5.11. The largest absolute Gasteiger partial charge is 0.494 e. The van der Waals surface area contributed by atoms with Crippen LogP contribution < -0.4 is 15.4 Å². The lowest BCUT2D eigenvalue weighted by atomic mass is 10.1. The first-order valence-electron chi connectivity index (χ1n) is 9.36. The predicted octanol–water partition coefficient (Wildman–Crippen LogP) is 2.70. The van der Waals surface area contributed by atoms with Crippen LogP contribution in [0.5, 0.6) is 5.75 Å². The highest BCUT2D eigenvalue weighted by atomic mass is 16.5. The standard InChI is InChI=1S/C22H18N6O2/c1-24-21-18-11-26-20(28-22(29)13-3-4-13)8-17(18)14(10-27-21)5-6-16-7-15(9-23)19(30-2)12-25-16/h7-8,10-13H,3-4H2,1-2H3,(H,24,27)(H,26,28,29). The normalized spacial score (nSPS) is 12.4. The number of carbonyl (C=O) groups excluding carboxylic acids is 1. The Balaban J connectivity index is 1.74. The summed E-state index contributed by atoms with van der Waals surface area (Å²) in [5.41, 5.74) is 1.46. The van der Waals surface area contributed by atoms with Crippen LogP contribution in [0.15, 0.2) is 30.7 Å². The average molecular weight is 398 g/mol. The van der Waals surface area contributed by atoms with Crippen molar-refractivity contribution in [3.05, 3.63) is 47.5 Å². The highest BCUT2D eigenvalue weighted by Gasteiger charge is 2.29. The predicted molar refractivity (Wildman–Crippen MR) is 112 cm³/mol. The van der Waals surface area contributed by atoms with Gasteiger partial charge in [-0.3, -0.25) is 4.79 Å². The molecular weight excluding hydrogens is 380 g/mol. The third-order valence-electron chi connectivity index (χ3n) is 4.74. The molecular formula is C22H18N6O2. The first-order chi connectivity index (χ1) is 14.6. The number of methoxy groups -OCH3 is 1. The van der Waals surface area contributed by atoms with Gasteiger partial charge >= 0.3 is 0 Å². The maximum absolute atomic E-state index is 12.1. The Morgan fingerprint density at radius 3 is 2.63 bits per heavy atom. The van der Waals surface area contributed by atoms with E-state index in [-0.39, 0.29) is 11.8 Å². The van der Waals surface area contributed by atoms with Gasteiger partial charge in [-0.1, -0.05) is 5.92 Å². The van der Waals surface area contributed by atoms with Gasteiger partial charge in [0, 0.05) is 36.1 Å². The van der Waals surface area contributed by atoms with E-state index in [1.807, 2.05) is 0 Å². The van der Waals surface area contributed by atoms with E-state index in [0.29, 0.717) is 34.2 Å². The Labute approximate surface area is 173 Å². The number of rotatable bonds is 4. The molecule has 3 heterocycles. The quantitative estimate of drug-likeness (QED) is 0.650. The van der Waals surface area contributed by atoms with Gasteiger partial charge in [-0.05, 0) is 30.9 Å². The number of amides is 1. The molecule has 0 spiro atoms. The number of nitrogens with zero attached hydrogens (tertiary/aromatic N) is 4. The number of anilines is 2. The number of carbonyl (C=O) groups is 1. The molecule has 148 valence electrons. The summed E-state index contributed by atoms with van der Waals surface area (Å²) in [5.74, 6) is 7.65. The molecule has 1 amide bonds. The van der Waals surface area contributed by atoms with E-state index in [9.17, 15) is 10.1 Å². The molecule has 1 aliphatic carbocycles. The van der Waals surface area contributed by atoms with Gasteiger partial charge in [0.05, 0.1) is 24.4 Å². The highest BCUT2D eigenvalue weighted by molar-refractivity contribution is 5.99. The van der Waals surface area contributed by atoms with Crippen molar-refractivity contribution in [2.45, 2.75) is 12.8 Å². The minimum Gasteiger partial charge on any atom is -0.494 e. The molecule has 0 aliphatic heterocycles. The van der Waals surface area contributed by atoms with Crippen molar-refractivity contribution >= 4 is 28.3 Å². The molecule has 0 atom stereocenters. The monoisotopic (exact) mass is 398 g/mol. The van der Waals surface area contributed by atoms with Crippen LogP contribution >= 0.6 is 0 Å². The highest BCUT2D eigenvalue weighted by Crippen LogP contribution is 2.31. The molecule has 1 saturated carbocycles. The number of pyridine rings is 3. The molecule has 0 radical (unpaired) electrons. The van der Waals surface area contributed by atoms with E-state index >= 15 is 0 Å². The number of nitrogens with one attached hydrogen (secondary N) is 2. The summed E-state index contributed by atoms with van der Waals surface area (Å²) in [7, 11) is 3.26. The van der Waals surface area contributed by atoms with E-state index in [4.69, 9.17) is 4.74 Å². The summed E-state index contributed by atoms with van der Waals surface area (Å²) in [6.45, 7) is 0. The summed E-state index contributed by atoms with van der Waals surface area (Å²) >= 11 is 0. The molecule has 0 saturated heterocycles. The van der Waals surface area contributed by atoms with Crippen LogP contribution in [0.2, 0.25) is 0 Å². The Morgan fingerprint density at radius 2 is 1.93 bits per heavy atom. The molecule has 2 N–H and O–H groups in total. The Morgan fingerprint density at radius 1 is 1.10 bits per heavy atom. The second-order valence-corrected chi connectivity index (χ2v) is 6.78. The van der Waals surface area contributed by atoms with Crippen molar-refractivity contribution in [1.29, 1.82) is 5.26 Å². The zero-order valence-corrected chi connectivity index (χ0v) is 16.5.